The van der Waals surface area contributed by atoms with Gasteiger partial charge in [0.2, 0.25) is 21.8 Å². The minimum absolute atomic E-state index is 0.0238. The second-order valence-corrected chi connectivity index (χ2v) is 11.1. The van der Waals surface area contributed by atoms with Crippen molar-refractivity contribution in [3.05, 3.63) is 63.1 Å². The molecule has 0 spiro atoms. The van der Waals surface area contributed by atoms with Crippen LogP contribution in [0.3, 0.4) is 0 Å². The number of benzene rings is 2. The van der Waals surface area contributed by atoms with E-state index in [4.69, 9.17) is 34.8 Å². The molecule has 0 aliphatic carbocycles. The maximum absolute atomic E-state index is 13.5. The molecule has 2 rings (SSSR count). The second-order valence-electron chi connectivity index (χ2n) is 7.97. The van der Waals surface area contributed by atoms with Gasteiger partial charge < -0.3 is 10.2 Å². The average molecular weight is 549 g/mol. The van der Waals surface area contributed by atoms with Crippen LogP contribution in [0.15, 0.2) is 42.5 Å². The molecule has 0 bridgehead atoms. The monoisotopic (exact) mass is 547 g/mol. The summed E-state index contributed by atoms with van der Waals surface area (Å²) in [4.78, 5) is 27.7. The number of halogens is 3. The van der Waals surface area contributed by atoms with E-state index in [1.807, 2.05) is 13.8 Å². The summed E-state index contributed by atoms with van der Waals surface area (Å²) in [6.07, 6.45) is 1.70. The number of anilines is 1. The lowest BCUT2D eigenvalue weighted by molar-refractivity contribution is -0.139. The van der Waals surface area contributed by atoms with Crippen LogP contribution in [0.5, 0.6) is 0 Å². The molecule has 2 amide bonds. The smallest absolute Gasteiger partial charge is 0.244 e. The highest BCUT2D eigenvalue weighted by Gasteiger charge is 2.31. The minimum Gasteiger partial charge on any atom is -0.352 e. The average Bonchev–Trinajstić information content (AvgIpc) is 2.76. The zero-order valence-electron chi connectivity index (χ0n) is 19.4. The molecule has 0 saturated carbocycles. The summed E-state index contributed by atoms with van der Waals surface area (Å²) >= 11 is 18.5. The number of carbonyl (C=O) groups excluding carboxylic acids is 2. The molecule has 0 aliphatic heterocycles. The van der Waals surface area contributed by atoms with Crippen molar-refractivity contribution in [2.45, 2.75) is 45.8 Å². The topological polar surface area (TPSA) is 86.8 Å². The number of hydrogen-bond acceptors (Lipinski definition) is 4. The SMILES string of the molecule is CC[C@@H](C)NC(=O)[C@H](C)N(Cc1ccc(Cl)cc1Cl)C(=O)CN(c1ccccc1Cl)S(C)(=O)=O. The summed E-state index contributed by atoms with van der Waals surface area (Å²) in [6.45, 7) is 4.80. The minimum atomic E-state index is -3.87. The Morgan fingerprint density at radius 2 is 1.68 bits per heavy atom. The van der Waals surface area contributed by atoms with Gasteiger partial charge in [-0.15, -0.1) is 0 Å². The molecule has 1 N–H and O–H groups in total. The molecule has 0 heterocycles. The normalized spacial score (nSPS) is 13.1. The molecule has 11 heteroatoms. The predicted molar refractivity (Wildman–Crippen MR) is 138 cm³/mol. The van der Waals surface area contributed by atoms with E-state index >= 15 is 0 Å². The van der Waals surface area contributed by atoms with E-state index in [-0.39, 0.29) is 29.2 Å². The van der Waals surface area contributed by atoms with Gasteiger partial charge in [0.05, 0.1) is 17.0 Å². The zero-order valence-corrected chi connectivity index (χ0v) is 22.5. The van der Waals surface area contributed by atoms with Gasteiger partial charge in [0, 0.05) is 22.6 Å². The highest BCUT2D eigenvalue weighted by atomic mass is 35.5. The lowest BCUT2D eigenvalue weighted by atomic mass is 10.1. The fourth-order valence-corrected chi connectivity index (χ4v) is 4.75. The lowest BCUT2D eigenvalue weighted by Crippen LogP contribution is -2.52. The van der Waals surface area contributed by atoms with Crippen molar-refractivity contribution in [1.29, 1.82) is 0 Å². The number of nitrogens with one attached hydrogen (secondary N) is 1. The first-order valence-electron chi connectivity index (χ1n) is 10.6. The van der Waals surface area contributed by atoms with Gasteiger partial charge in [0.1, 0.15) is 12.6 Å². The van der Waals surface area contributed by atoms with Crippen LogP contribution in [0, 0.1) is 0 Å². The molecule has 2 aromatic rings. The summed E-state index contributed by atoms with van der Waals surface area (Å²) < 4.78 is 26.0. The zero-order chi connectivity index (χ0) is 25.6. The summed E-state index contributed by atoms with van der Waals surface area (Å²) in [5, 5.41) is 3.79. The largest absolute Gasteiger partial charge is 0.352 e. The molecule has 0 radical (unpaired) electrons. The van der Waals surface area contributed by atoms with Crippen LogP contribution in [0.2, 0.25) is 15.1 Å². The van der Waals surface area contributed by atoms with Crippen LogP contribution in [0.4, 0.5) is 5.69 Å². The Kier molecular flexibility index (Phi) is 10.1. The van der Waals surface area contributed by atoms with Gasteiger partial charge in [0.15, 0.2) is 0 Å². The highest BCUT2D eigenvalue weighted by molar-refractivity contribution is 7.92. The van der Waals surface area contributed by atoms with Crippen molar-refractivity contribution >= 4 is 62.3 Å². The molecule has 0 aliphatic rings. The van der Waals surface area contributed by atoms with E-state index < -0.39 is 28.5 Å². The van der Waals surface area contributed by atoms with E-state index in [2.05, 4.69) is 5.32 Å². The molecule has 34 heavy (non-hydrogen) atoms. The van der Waals surface area contributed by atoms with Gasteiger partial charge in [-0.2, -0.15) is 0 Å². The van der Waals surface area contributed by atoms with Crippen LogP contribution >= 0.6 is 34.8 Å². The van der Waals surface area contributed by atoms with Gasteiger partial charge in [-0.25, -0.2) is 8.42 Å². The third kappa shape index (κ3) is 7.50. The first-order chi connectivity index (χ1) is 15.8. The second kappa shape index (κ2) is 12.1. The van der Waals surface area contributed by atoms with Gasteiger partial charge in [-0.1, -0.05) is 59.9 Å². The summed E-state index contributed by atoms with van der Waals surface area (Å²) in [6, 6.07) is 10.2. The first kappa shape index (κ1) is 28.2. The number of rotatable bonds is 10. The summed E-state index contributed by atoms with van der Waals surface area (Å²) in [5.41, 5.74) is 0.729. The van der Waals surface area contributed by atoms with Gasteiger partial charge >= 0.3 is 0 Å². The van der Waals surface area contributed by atoms with E-state index in [1.54, 1.807) is 31.2 Å². The number of carbonyl (C=O) groups is 2. The van der Waals surface area contributed by atoms with Crippen LogP contribution in [-0.4, -0.2) is 50.0 Å². The van der Waals surface area contributed by atoms with Crippen molar-refractivity contribution in [2.24, 2.45) is 0 Å². The number of sulfonamides is 1. The molecule has 2 aromatic carbocycles. The van der Waals surface area contributed by atoms with Crippen molar-refractivity contribution in [1.82, 2.24) is 10.2 Å². The maximum atomic E-state index is 13.5. The Labute approximate surface area is 216 Å². The summed E-state index contributed by atoms with van der Waals surface area (Å²) in [7, 11) is -3.87. The van der Waals surface area contributed by atoms with E-state index in [0.717, 1.165) is 10.6 Å². The molecular weight excluding hydrogens is 521 g/mol. The molecule has 0 fully saturated rings. The number of para-hydroxylation sites is 1. The molecule has 0 saturated heterocycles. The van der Waals surface area contributed by atoms with E-state index in [0.29, 0.717) is 22.0 Å². The third-order valence-corrected chi connectivity index (χ3v) is 7.36. The number of amides is 2. The highest BCUT2D eigenvalue weighted by Crippen LogP contribution is 2.28. The van der Waals surface area contributed by atoms with Gasteiger partial charge in [-0.05, 0) is 50.1 Å². The van der Waals surface area contributed by atoms with Crippen molar-refractivity contribution in [3.8, 4) is 0 Å². The Balaban J connectivity index is 2.43. The van der Waals surface area contributed by atoms with Crippen molar-refractivity contribution < 1.29 is 18.0 Å². The molecule has 2 atom stereocenters. The predicted octanol–water partition coefficient (Wildman–Crippen LogP) is 4.74. The Morgan fingerprint density at radius 1 is 1.03 bits per heavy atom. The van der Waals surface area contributed by atoms with Crippen LogP contribution in [-0.2, 0) is 26.2 Å². The third-order valence-electron chi connectivity index (χ3n) is 5.32. The Morgan fingerprint density at radius 3 is 2.24 bits per heavy atom. The Bertz CT molecular complexity index is 1140. The molecular formula is C23H28Cl3N3O4S. The molecule has 186 valence electrons. The molecule has 7 nitrogen and oxygen atoms in total. The maximum Gasteiger partial charge on any atom is 0.244 e. The molecule has 0 unspecified atom stereocenters. The van der Waals surface area contributed by atoms with Gasteiger partial charge in [-0.3, -0.25) is 13.9 Å². The van der Waals surface area contributed by atoms with Crippen LogP contribution in [0.1, 0.15) is 32.8 Å². The molecule has 0 aromatic heterocycles. The lowest BCUT2D eigenvalue weighted by Gasteiger charge is -2.32. The fourth-order valence-electron chi connectivity index (χ4n) is 3.13. The van der Waals surface area contributed by atoms with Crippen molar-refractivity contribution in [2.75, 3.05) is 17.1 Å². The number of hydrogen-bond donors (Lipinski definition) is 1. The van der Waals surface area contributed by atoms with Crippen LogP contribution in [0.25, 0.3) is 0 Å². The summed E-state index contributed by atoms with van der Waals surface area (Å²) in [5.74, 6) is -0.959. The van der Waals surface area contributed by atoms with Gasteiger partial charge in [0.25, 0.3) is 0 Å². The van der Waals surface area contributed by atoms with Crippen LogP contribution < -0.4 is 9.62 Å². The Hall–Kier alpha value is -2.00. The van der Waals surface area contributed by atoms with E-state index in [9.17, 15) is 18.0 Å². The number of nitrogens with zero attached hydrogens (tertiary/aromatic N) is 2. The van der Waals surface area contributed by atoms with Crippen molar-refractivity contribution in [3.63, 3.8) is 0 Å². The standard InChI is InChI=1S/C23H28Cl3N3O4S/c1-5-15(2)27-23(31)16(3)28(13-17-10-11-18(24)12-20(17)26)22(30)14-29(34(4,32)33)21-9-7-6-8-19(21)25/h6-12,15-16H,5,13-14H2,1-4H3,(H,27,31)/t15-,16+/m1/s1. The quantitative estimate of drug-likeness (QED) is 0.464. The van der Waals surface area contributed by atoms with E-state index in [1.165, 1.54) is 23.1 Å². The fraction of sp³-hybridized carbons (Fsp3) is 0.391. The first-order valence-corrected chi connectivity index (χ1v) is 13.6.